The Bertz CT molecular complexity index is 286. The van der Waals surface area contributed by atoms with E-state index >= 15 is 0 Å². The summed E-state index contributed by atoms with van der Waals surface area (Å²) in [7, 11) is 0. The van der Waals surface area contributed by atoms with Crippen LogP contribution in [0.15, 0.2) is 0 Å². The number of nitrogens with one attached hydrogen (secondary N) is 1. The SMILES string of the molecule is CCCCN(CC(F)(F)F)C(=O)C1(C)CCCN1. The first-order valence-corrected chi connectivity index (χ1v) is 6.39. The van der Waals surface area contributed by atoms with Gasteiger partial charge < -0.3 is 10.2 Å². The van der Waals surface area contributed by atoms with Gasteiger partial charge in [-0.15, -0.1) is 0 Å². The number of carbonyl (C=O) groups is 1. The Morgan fingerprint density at radius 2 is 2.11 bits per heavy atom. The maximum atomic E-state index is 12.5. The molecule has 0 saturated carbocycles. The van der Waals surface area contributed by atoms with Gasteiger partial charge in [-0.3, -0.25) is 4.79 Å². The van der Waals surface area contributed by atoms with E-state index in [4.69, 9.17) is 0 Å². The molecule has 1 atom stereocenters. The normalized spacial score (nSPS) is 24.3. The van der Waals surface area contributed by atoms with Crippen molar-refractivity contribution in [3.63, 3.8) is 0 Å². The second kappa shape index (κ2) is 5.91. The van der Waals surface area contributed by atoms with Gasteiger partial charge in [0.15, 0.2) is 0 Å². The van der Waals surface area contributed by atoms with Crippen LogP contribution in [0.4, 0.5) is 13.2 Å². The Labute approximate surface area is 106 Å². The van der Waals surface area contributed by atoms with Gasteiger partial charge in [0, 0.05) is 6.54 Å². The zero-order valence-corrected chi connectivity index (χ0v) is 10.9. The number of unbranched alkanes of at least 4 members (excludes halogenated alkanes) is 1. The minimum Gasteiger partial charge on any atom is -0.332 e. The molecule has 1 aliphatic rings. The fourth-order valence-electron chi connectivity index (χ4n) is 2.24. The molecule has 3 nitrogen and oxygen atoms in total. The van der Waals surface area contributed by atoms with Crippen LogP contribution in [0, 0.1) is 0 Å². The fraction of sp³-hybridized carbons (Fsp3) is 0.917. The van der Waals surface area contributed by atoms with Gasteiger partial charge in [0.2, 0.25) is 5.91 Å². The molecule has 18 heavy (non-hydrogen) atoms. The Morgan fingerprint density at radius 3 is 2.56 bits per heavy atom. The van der Waals surface area contributed by atoms with Crippen LogP contribution in [0.1, 0.15) is 39.5 Å². The molecule has 0 aromatic heterocycles. The second-order valence-electron chi connectivity index (χ2n) is 5.06. The van der Waals surface area contributed by atoms with E-state index in [9.17, 15) is 18.0 Å². The number of hydrogen-bond acceptors (Lipinski definition) is 2. The topological polar surface area (TPSA) is 32.3 Å². The lowest BCUT2D eigenvalue weighted by molar-refractivity contribution is -0.164. The van der Waals surface area contributed by atoms with Gasteiger partial charge in [0.1, 0.15) is 6.54 Å². The quantitative estimate of drug-likeness (QED) is 0.828. The lowest BCUT2D eigenvalue weighted by Gasteiger charge is -2.32. The third kappa shape index (κ3) is 4.15. The van der Waals surface area contributed by atoms with Crippen molar-refractivity contribution in [2.75, 3.05) is 19.6 Å². The van der Waals surface area contributed by atoms with Gasteiger partial charge in [-0.05, 0) is 32.7 Å². The molecule has 1 aliphatic heterocycles. The van der Waals surface area contributed by atoms with Crippen molar-refractivity contribution in [1.82, 2.24) is 10.2 Å². The van der Waals surface area contributed by atoms with E-state index in [1.807, 2.05) is 6.92 Å². The molecule has 0 aromatic rings. The van der Waals surface area contributed by atoms with E-state index in [1.54, 1.807) is 6.92 Å². The summed E-state index contributed by atoms with van der Waals surface area (Å²) in [5, 5.41) is 3.02. The monoisotopic (exact) mass is 266 g/mol. The molecule has 1 fully saturated rings. The number of alkyl halides is 3. The Morgan fingerprint density at radius 1 is 1.44 bits per heavy atom. The first kappa shape index (κ1) is 15.3. The van der Waals surface area contributed by atoms with Gasteiger partial charge in [0.25, 0.3) is 0 Å². The van der Waals surface area contributed by atoms with Crippen LogP contribution >= 0.6 is 0 Å². The third-order valence-electron chi connectivity index (χ3n) is 3.28. The van der Waals surface area contributed by atoms with Gasteiger partial charge in [-0.2, -0.15) is 13.2 Å². The highest BCUT2D eigenvalue weighted by Gasteiger charge is 2.42. The predicted molar refractivity (Wildman–Crippen MR) is 63.2 cm³/mol. The Balaban J connectivity index is 2.71. The lowest BCUT2D eigenvalue weighted by atomic mass is 9.98. The molecule has 1 amide bonds. The Kier molecular flexibility index (Phi) is 5.01. The molecule has 1 rings (SSSR count). The molecule has 0 bridgehead atoms. The standard InChI is InChI=1S/C12H21F3N2O/c1-3-4-8-17(9-12(13,14)15)10(18)11(2)6-5-7-16-11/h16H,3-9H2,1-2H3. The fourth-order valence-corrected chi connectivity index (χ4v) is 2.24. The van der Waals surface area contributed by atoms with Crippen LogP contribution in [0.3, 0.4) is 0 Å². The molecule has 0 spiro atoms. The number of hydrogen-bond donors (Lipinski definition) is 1. The molecule has 0 aromatic carbocycles. The summed E-state index contributed by atoms with van der Waals surface area (Å²) in [6.07, 6.45) is -1.54. The number of carbonyl (C=O) groups excluding carboxylic acids is 1. The first-order chi connectivity index (χ1) is 8.28. The van der Waals surface area contributed by atoms with Crippen molar-refractivity contribution in [3.05, 3.63) is 0 Å². The summed E-state index contributed by atoms with van der Waals surface area (Å²) >= 11 is 0. The minimum atomic E-state index is -4.33. The first-order valence-electron chi connectivity index (χ1n) is 6.39. The summed E-state index contributed by atoms with van der Waals surface area (Å²) in [5.41, 5.74) is -0.820. The molecule has 1 unspecified atom stereocenters. The van der Waals surface area contributed by atoms with Crippen molar-refractivity contribution in [1.29, 1.82) is 0 Å². The van der Waals surface area contributed by atoms with Crippen molar-refractivity contribution in [3.8, 4) is 0 Å². The molecule has 0 radical (unpaired) electrons. The Hall–Kier alpha value is -0.780. The van der Waals surface area contributed by atoms with Gasteiger partial charge in [0.05, 0.1) is 5.54 Å². The average Bonchev–Trinajstić information content (AvgIpc) is 2.70. The largest absolute Gasteiger partial charge is 0.406 e. The molecule has 1 saturated heterocycles. The molecule has 6 heteroatoms. The second-order valence-corrected chi connectivity index (χ2v) is 5.06. The maximum absolute atomic E-state index is 12.5. The molecule has 0 aliphatic carbocycles. The van der Waals surface area contributed by atoms with Crippen molar-refractivity contribution in [2.45, 2.75) is 51.2 Å². The average molecular weight is 266 g/mol. The summed E-state index contributed by atoms with van der Waals surface area (Å²) in [6, 6.07) is 0. The van der Waals surface area contributed by atoms with Crippen LogP contribution in [0.5, 0.6) is 0 Å². The highest BCUT2D eigenvalue weighted by Crippen LogP contribution is 2.24. The number of amides is 1. The van der Waals surface area contributed by atoms with Crippen molar-refractivity contribution in [2.24, 2.45) is 0 Å². The molecular weight excluding hydrogens is 245 g/mol. The van der Waals surface area contributed by atoms with Crippen molar-refractivity contribution >= 4 is 5.91 Å². The van der Waals surface area contributed by atoms with Gasteiger partial charge >= 0.3 is 6.18 Å². The smallest absolute Gasteiger partial charge is 0.332 e. The van der Waals surface area contributed by atoms with E-state index in [-0.39, 0.29) is 6.54 Å². The van der Waals surface area contributed by atoms with Crippen LogP contribution in [-0.2, 0) is 4.79 Å². The van der Waals surface area contributed by atoms with Crippen LogP contribution in [0.2, 0.25) is 0 Å². The summed E-state index contributed by atoms with van der Waals surface area (Å²) in [6.45, 7) is 3.30. The summed E-state index contributed by atoms with van der Waals surface area (Å²) < 4.78 is 37.5. The number of rotatable bonds is 5. The zero-order chi connectivity index (χ0) is 13.8. The van der Waals surface area contributed by atoms with E-state index in [2.05, 4.69) is 5.32 Å². The number of halogens is 3. The highest BCUT2D eigenvalue weighted by molar-refractivity contribution is 5.86. The minimum absolute atomic E-state index is 0.173. The van der Waals surface area contributed by atoms with E-state index in [1.165, 1.54) is 0 Å². The van der Waals surface area contributed by atoms with Crippen LogP contribution in [0.25, 0.3) is 0 Å². The predicted octanol–water partition coefficient (Wildman–Crippen LogP) is 2.32. The number of nitrogens with zero attached hydrogens (tertiary/aromatic N) is 1. The van der Waals surface area contributed by atoms with Gasteiger partial charge in [-0.1, -0.05) is 13.3 Å². The molecular formula is C12H21F3N2O. The third-order valence-corrected chi connectivity index (χ3v) is 3.28. The van der Waals surface area contributed by atoms with E-state index in [0.717, 1.165) is 17.7 Å². The molecule has 1 heterocycles. The van der Waals surface area contributed by atoms with E-state index in [0.29, 0.717) is 19.4 Å². The summed E-state index contributed by atoms with van der Waals surface area (Å²) in [5.74, 6) is -0.425. The maximum Gasteiger partial charge on any atom is 0.406 e. The zero-order valence-electron chi connectivity index (χ0n) is 10.9. The van der Waals surface area contributed by atoms with Crippen LogP contribution in [-0.4, -0.2) is 42.2 Å². The van der Waals surface area contributed by atoms with Gasteiger partial charge in [-0.25, -0.2) is 0 Å². The molecule has 106 valence electrons. The van der Waals surface area contributed by atoms with Crippen LogP contribution < -0.4 is 5.32 Å². The van der Waals surface area contributed by atoms with E-state index < -0.39 is 24.2 Å². The summed E-state index contributed by atoms with van der Waals surface area (Å²) in [4.78, 5) is 13.2. The molecule has 1 N–H and O–H groups in total. The lowest BCUT2D eigenvalue weighted by Crippen LogP contribution is -2.55. The van der Waals surface area contributed by atoms with Crippen molar-refractivity contribution < 1.29 is 18.0 Å². The highest BCUT2D eigenvalue weighted by atomic mass is 19.4.